The van der Waals surface area contributed by atoms with E-state index in [1.807, 2.05) is 24.5 Å². The van der Waals surface area contributed by atoms with Gasteiger partial charge in [0.05, 0.1) is 7.11 Å². The molecule has 0 aliphatic carbocycles. The number of benzene rings is 2. The lowest BCUT2D eigenvalue weighted by atomic mass is 10.0. The second-order valence-electron chi connectivity index (χ2n) is 5.93. The molecule has 2 aromatic rings. The van der Waals surface area contributed by atoms with Crippen LogP contribution in [0.4, 0.5) is 0 Å². The van der Waals surface area contributed by atoms with Gasteiger partial charge in [-0.15, -0.1) is 0 Å². The lowest BCUT2D eigenvalue weighted by Gasteiger charge is -2.16. The largest absolute Gasteiger partial charge is 0.484 e. The molecule has 0 radical (unpaired) electrons. The Bertz CT molecular complexity index is 792. The van der Waals surface area contributed by atoms with Crippen molar-refractivity contribution in [3.8, 4) is 5.75 Å². The van der Waals surface area contributed by atoms with E-state index in [1.165, 1.54) is 7.11 Å². The molecule has 2 rings (SSSR count). The Kier molecular flexibility index (Phi) is 8.55. The monoisotopic (exact) mass is 401 g/mol. The molecule has 0 unspecified atom stereocenters. The van der Waals surface area contributed by atoms with Gasteiger partial charge in [0.25, 0.3) is 5.91 Å². The van der Waals surface area contributed by atoms with E-state index in [-0.39, 0.29) is 12.4 Å². The zero-order chi connectivity index (χ0) is 20.4. The molecule has 0 saturated carbocycles. The van der Waals surface area contributed by atoms with E-state index in [4.69, 9.17) is 9.47 Å². The van der Waals surface area contributed by atoms with E-state index in [2.05, 4.69) is 5.32 Å². The van der Waals surface area contributed by atoms with Crippen molar-refractivity contribution in [2.45, 2.75) is 12.5 Å². The quantitative estimate of drug-likeness (QED) is 0.487. The molecule has 0 saturated heterocycles. The maximum Gasteiger partial charge on any atom is 0.328 e. The van der Waals surface area contributed by atoms with Crippen LogP contribution < -0.4 is 10.1 Å². The molecule has 6 nitrogen and oxygen atoms in total. The number of hydrogen-bond donors (Lipinski definition) is 1. The van der Waals surface area contributed by atoms with Crippen molar-refractivity contribution in [2.24, 2.45) is 0 Å². The summed E-state index contributed by atoms with van der Waals surface area (Å²) >= 11 is 1.58. The summed E-state index contributed by atoms with van der Waals surface area (Å²) in [5.41, 5.74) is 1.14. The van der Waals surface area contributed by atoms with Crippen LogP contribution in [0.1, 0.15) is 22.3 Å². The highest BCUT2D eigenvalue weighted by Gasteiger charge is 2.21. The number of nitrogens with one attached hydrogen (secondary N) is 1. The smallest absolute Gasteiger partial charge is 0.328 e. The molecule has 1 atom stereocenters. The van der Waals surface area contributed by atoms with Crippen LogP contribution in [0.5, 0.6) is 5.75 Å². The molecular formula is C21H23NO5S. The van der Waals surface area contributed by atoms with Crippen molar-refractivity contribution in [1.82, 2.24) is 5.32 Å². The summed E-state index contributed by atoms with van der Waals surface area (Å²) in [7, 11) is 1.29. The van der Waals surface area contributed by atoms with E-state index >= 15 is 0 Å². The first-order valence-electron chi connectivity index (χ1n) is 8.74. The van der Waals surface area contributed by atoms with Gasteiger partial charge < -0.3 is 14.8 Å². The third-order valence-electron chi connectivity index (χ3n) is 3.95. The third kappa shape index (κ3) is 6.42. The normalized spacial score (nSPS) is 11.4. The Balaban J connectivity index is 1.89. The summed E-state index contributed by atoms with van der Waals surface area (Å²) in [6, 6.07) is 14.9. The van der Waals surface area contributed by atoms with Gasteiger partial charge in [-0.2, -0.15) is 11.8 Å². The molecule has 7 heteroatoms. The summed E-state index contributed by atoms with van der Waals surface area (Å²) in [6.45, 7) is -0.237. The average Bonchev–Trinajstić information content (AvgIpc) is 2.75. The Hall–Kier alpha value is -2.80. The minimum absolute atomic E-state index is 0.0837. The molecule has 0 aromatic heterocycles. The lowest BCUT2D eigenvalue weighted by molar-refractivity contribution is -0.145. The zero-order valence-corrected chi connectivity index (χ0v) is 16.7. The number of rotatable bonds is 10. The second kappa shape index (κ2) is 11.1. The van der Waals surface area contributed by atoms with Crippen LogP contribution in [0.15, 0.2) is 54.6 Å². The number of thioether (sulfide) groups is 1. The predicted octanol–water partition coefficient (Wildman–Crippen LogP) is 2.71. The zero-order valence-electron chi connectivity index (χ0n) is 15.8. The Labute approximate surface area is 168 Å². The van der Waals surface area contributed by atoms with Crippen LogP contribution in [-0.4, -0.2) is 49.4 Å². The third-order valence-corrected chi connectivity index (χ3v) is 4.60. The highest BCUT2D eigenvalue weighted by atomic mass is 32.2. The van der Waals surface area contributed by atoms with Crippen molar-refractivity contribution in [3.05, 3.63) is 65.7 Å². The molecule has 0 spiro atoms. The number of ketones is 1. The molecule has 28 heavy (non-hydrogen) atoms. The minimum atomic E-state index is -0.695. The summed E-state index contributed by atoms with van der Waals surface area (Å²) < 4.78 is 10.2. The number of carbonyl (C=O) groups is 3. The number of ether oxygens (including phenoxy) is 2. The van der Waals surface area contributed by atoms with Gasteiger partial charge in [-0.25, -0.2) is 4.79 Å². The van der Waals surface area contributed by atoms with Gasteiger partial charge in [-0.1, -0.05) is 30.3 Å². The number of methoxy groups -OCH3 is 1. The fourth-order valence-electron chi connectivity index (χ4n) is 2.47. The number of amides is 1. The number of esters is 1. The Morgan fingerprint density at radius 1 is 1.00 bits per heavy atom. The molecule has 1 N–H and O–H groups in total. The molecular weight excluding hydrogens is 378 g/mol. The first-order chi connectivity index (χ1) is 13.5. The fourth-order valence-corrected chi connectivity index (χ4v) is 2.94. The SMILES string of the molecule is COC(=O)[C@H](CCSC)NC(=O)COc1ccc(C(=O)c2ccccc2)cc1. The first kappa shape index (κ1) is 21.5. The highest BCUT2D eigenvalue weighted by Crippen LogP contribution is 2.15. The van der Waals surface area contributed by atoms with Crippen LogP contribution in [0, 0.1) is 0 Å². The molecule has 0 bridgehead atoms. The second-order valence-corrected chi connectivity index (χ2v) is 6.92. The topological polar surface area (TPSA) is 81.7 Å². The van der Waals surface area contributed by atoms with Crippen molar-refractivity contribution in [2.75, 3.05) is 25.7 Å². The van der Waals surface area contributed by atoms with Gasteiger partial charge in [0.1, 0.15) is 11.8 Å². The van der Waals surface area contributed by atoms with Gasteiger partial charge in [-0.3, -0.25) is 9.59 Å². The maximum absolute atomic E-state index is 12.4. The minimum Gasteiger partial charge on any atom is -0.484 e. The first-order valence-corrected chi connectivity index (χ1v) is 10.1. The predicted molar refractivity (Wildman–Crippen MR) is 109 cm³/mol. The van der Waals surface area contributed by atoms with Crippen molar-refractivity contribution in [1.29, 1.82) is 0 Å². The van der Waals surface area contributed by atoms with Gasteiger partial charge in [0.15, 0.2) is 12.4 Å². The standard InChI is InChI=1S/C21H23NO5S/c1-26-21(25)18(12-13-28-2)22-19(23)14-27-17-10-8-16(9-11-17)20(24)15-6-4-3-5-7-15/h3-11,18H,12-14H2,1-2H3,(H,22,23)/t18-/m0/s1. The van der Waals surface area contributed by atoms with E-state index < -0.39 is 17.9 Å². The average molecular weight is 401 g/mol. The molecule has 0 fully saturated rings. The summed E-state index contributed by atoms with van der Waals surface area (Å²) in [4.78, 5) is 36.2. The molecule has 0 aliphatic heterocycles. The van der Waals surface area contributed by atoms with Crippen molar-refractivity contribution in [3.63, 3.8) is 0 Å². The van der Waals surface area contributed by atoms with Crippen LogP contribution in [0.3, 0.4) is 0 Å². The molecule has 148 valence electrons. The maximum atomic E-state index is 12.4. The van der Waals surface area contributed by atoms with E-state index in [0.29, 0.717) is 23.3 Å². The molecule has 0 heterocycles. The molecule has 2 aromatic carbocycles. The van der Waals surface area contributed by atoms with Gasteiger partial charge in [0, 0.05) is 11.1 Å². The summed E-state index contributed by atoms with van der Waals surface area (Å²) in [6.07, 6.45) is 2.40. The highest BCUT2D eigenvalue weighted by molar-refractivity contribution is 7.98. The van der Waals surface area contributed by atoms with Gasteiger partial charge >= 0.3 is 5.97 Å². The van der Waals surface area contributed by atoms with Crippen LogP contribution in [-0.2, 0) is 14.3 Å². The Morgan fingerprint density at radius 2 is 1.64 bits per heavy atom. The van der Waals surface area contributed by atoms with E-state index in [0.717, 1.165) is 5.75 Å². The van der Waals surface area contributed by atoms with Crippen molar-refractivity contribution >= 4 is 29.4 Å². The van der Waals surface area contributed by atoms with Crippen molar-refractivity contribution < 1.29 is 23.9 Å². The number of hydrogen-bond acceptors (Lipinski definition) is 6. The van der Waals surface area contributed by atoms with Crippen LogP contribution in [0.2, 0.25) is 0 Å². The van der Waals surface area contributed by atoms with Crippen LogP contribution >= 0.6 is 11.8 Å². The number of carbonyl (C=O) groups excluding carboxylic acids is 3. The molecule has 1 amide bonds. The summed E-state index contributed by atoms with van der Waals surface area (Å²) in [5.74, 6) is 0.197. The Morgan fingerprint density at radius 3 is 2.25 bits per heavy atom. The lowest BCUT2D eigenvalue weighted by Crippen LogP contribution is -2.43. The molecule has 0 aliphatic rings. The summed E-state index contributed by atoms with van der Waals surface area (Å²) in [5, 5.41) is 2.62. The van der Waals surface area contributed by atoms with E-state index in [1.54, 1.807) is 48.2 Å². The fraction of sp³-hybridized carbons (Fsp3) is 0.286. The van der Waals surface area contributed by atoms with E-state index in [9.17, 15) is 14.4 Å². The van der Waals surface area contributed by atoms with Gasteiger partial charge in [0.2, 0.25) is 0 Å². The van der Waals surface area contributed by atoms with Gasteiger partial charge in [-0.05, 0) is 42.7 Å². The van der Waals surface area contributed by atoms with Crippen LogP contribution in [0.25, 0.3) is 0 Å².